The summed E-state index contributed by atoms with van der Waals surface area (Å²) in [6.07, 6.45) is -1.86. The number of ketones is 1. The van der Waals surface area contributed by atoms with Crippen LogP contribution >= 0.6 is 0 Å². The molecule has 4 amide bonds. The van der Waals surface area contributed by atoms with Crippen LogP contribution < -0.4 is 21.8 Å². The van der Waals surface area contributed by atoms with Crippen molar-refractivity contribution in [1.82, 2.24) is 21.1 Å². The van der Waals surface area contributed by atoms with E-state index < -0.39 is 66.9 Å². The first-order chi connectivity index (χ1) is 12.4. The average Bonchev–Trinajstić information content (AvgIpc) is 2.56. The summed E-state index contributed by atoms with van der Waals surface area (Å²) in [6, 6.07) is -5.47. The number of nitrogens with zero attached hydrogens (tertiary/aromatic N) is 1. The molecule has 0 aromatic carbocycles. The van der Waals surface area contributed by atoms with Gasteiger partial charge in [0.05, 0.1) is 12.7 Å². The van der Waals surface area contributed by atoms with Crippen molar-refractivity contribution >= 4 is 29.6 Å². The van der Waals surface area contributed by atoms with Crippen LogP contribution in [0.25, 0.3) is 0 Å². The molecule has 0 aromatic rings. The number of hydrogen-bond donors (Lipinski definition) is 7. The zero-order chi connectivity index (χ0) is 21.3. The maximum Gasteiger partial charge on any atom is 0.328 e. The van der Waals surface area contributed by atoms with Gasteiger partial charge in [-0.3, -0.25) is 24.8 Å². The molecule has 13 nitrogen and oxygen atoms in total. The lowest BCUT2D eigenvalue weighted by Crippen LogP contribution is -2.59. The molecule has 8 N–H and O–H groups in total. The maximum atomic E-state index is 12.4. The fourth-order valence-electron chi connectivity index (χ4n) is 1.84. The minimum atomic E-state index is -1.64. The molecule has 13 heteroatoms. The third-order valence-electron chi connectivity index (χ3n) is 3.27. The van der Waals surface area contributed by atoms with Crippen LogP contribution in [0.1, 0.15) is 20.3 Å². The molecule has 0 heterocycles. The number of carboxylic acid groups (broad SMARTS) is 1. The quantitative estimate of drug-likeness (QED) is 0.192. The monoisotopic (exact) mass is 391 g/mol. The topological polar surface area (TPSA) is 211 Å². The van der Waals surface area contributed by atoms with Crippen molar-refractivity contribution in [1.29, 1.82) is 0 Å². The summed E-state index contributed by atoms with van der Waals surface area (Å²) in [7, 11) is 1.13. The van der Waals surface area contributed by atoms with Crippen molar-refractivity contribution in [2.75, 3.05) is 13.7 Å². The lowest BCUT2D eigenvalue weighted by Gasteiger charge is -2.26. The zero-order valence-electron chi connectivity index (χ0n) is 15.1. The van der Waals surface area contributed by atoms with Crippen molar-refractivity contribution in [2.45, 2.75) is 44.5 Å². The number of carbonyl (C=O) groups excluding carboxylic acids is 4. The number of carbonyl (C=O) groups is 5. The lowest BCUT2D eigenvalue weighted by atomic mass is 10.1. The summed E-state index contributed by atoms with van der Waals surface area (Å²) in [5, 5.41) is 31.8. The molecule has 0 saturated heterocycles. The molecule has 0 aliphatic heterocycles. The van der Waals surface area contributed by atoms with E-state index in [1.54, 1.807) is 0 Å². The number of aliphatic hydroxyl groups is 2. The first kappa shape index (κ1) is 24.2. The summed E-state index contributed by atoms with van der Waals surface area (Å²) < 4.78 is 0. The number of likely N-dealkylation sites (N-methyl/N-ethyl adjacent to an activating group) is 1. The summed E-state index contributed by atoms with van der Waals surface area (Å²) in [4.78, 5) is 58.2. The molecule has 0 aliphatic carbocycles. The molecule has 4 atom stereocenters. The number of urea groups is 1. The van der Waals surface area contributed by atoms with E-state index in [0.717, 1.165) is 20.9 Å². The Balaban J connectivity index is 5.12. The lowest BCUT2D eigenvalue weighted by molar-refractivity contribution is -0.143. The van der Waals surface area contributed by atoms with Crippen LogP contribution in [0.15, 0.2) is 0 Å². The molecule has 0 rings (SSSR count). The van der Waals surface area contributed by atoms with Gasteiger partial charge in [-0.25, -0.2) is 9.59 Å². The van der Waals surface area contributed by atoms with E-state index in [4.69, 9.17) is 15.9 Å². The van der Waals surface area contributed by atoms with Crippen LogP contribution in [0, 0.1) is 0 Å². The Bertz CT molecular complexity index is 582. The van der Waals surface area contributed by atoms with Gasteiger partial charge in [0.2, 0.25) is 0 Å². The number of aliphatic carboxylic acids is 1. The van der Waals surface area contributed by atoms with Gasteiger partial charge in [-0.1, -0.05) is 0 Å². The van der Waals surface area contributed by atoms with Crippen molar-refractivity contribution in [3.8, 4) is 0 Å². The number of Topliss-reactive ketones (excluding diaryl/α,β-unsaturated/α-hetero) is 1. The fourth-order valence-corrected chi connectivity index (χ4v) is 1.84. The number of rotatable bonds is 9. The second kappa shape index (κ2) is 11.1. The van der Waals surface area contributed by atoms with Crippen LogP contribution in [0.3, 0.4) is 0 Å². The first-order valence-corrected chi connectivity index (χ1v) is 7.82. The Morgan fingerprint density at radius 3 is 2.11 bits per heavy atom. The highest BCUT2D eigenvalue weighted by Gasteiger charge is 2.30. The maximum absolute atomic E-state index is 12.4. The minimum Gasteiger partial charge on any atom is -0.480 e. The number of nitrogens with two attached hydrogens (primary N) is 1. The van der Waals surface area contributed by atoms with Gasteiger partial charge < -0.3 is 31.7 Å². The minimum absolute atomic E-state index is 0.440. The van der Waals surface area contributed by atoms with Crippen molar-refractivity contribution < 1.29 is 39.3 Å². The van der Waals surface area contributed by atoms with Crippen LogP contribution in [-0.4, -0.2) is 87.8 Å². The molecule has 0 bridgehead atoms. The predicted octanol–water partition coefficient (Wildman–Crippen LogP) is -3.72. The molecule has 154 valence electrons. The number of hydrazine groups is 1. The van der Waals surface area contributed by atoms with Crippen LogP contribution in [-0.2, 0) is 19.2 Å². The molecule has 0 saturated carbocycles. The van der Waals surface area contributed by atoms with E-state index >= 15 is 0 Å². The van der Waals surface area contributed by atoms with E-state index in [1.165, 1.54) is 0 Å². The zero-order valence-corrected chi connectivity index (χ0v) is 15.1. The van der Waals surface area contributed by atoms with Gasteiger partial charge in [-0.15, -0.1) is 0 Å². The molecule has 0 aliphatic rings. The summed E-state index contributed by atoms with van der Waals surface area (Å²) in [6.45, 7) is 1.64. The summed E-state index contributed by atoms with van der Waals surface area (Å²) in [5.41, 5.74) is 7.38. The van der Waals surface area contributed by atoms with E-state index in [2.05, 4.69) is 10.7 Å². The summed E-state index contributed by atoms with van der Waals surface area (Å²) in [5.74, 6) is -3.75. The van der Waals surface area contributed by atoms with E-state index in [-0.39, 0.29) is 0 Å². The van der Waals surface area contributed by atoms with Crippen LogP contribution in [0.2, 0.25) is 0 Å². The van der Waals surface area contributed by atoms with E-state index in [1.807, 2.05) is 5.32 Å². The molecular weight excluding hydrogens is 366 g/mol. The van der Waals surface area contributed by atoms with Gasteiger partial charge in [0.25, 0.3) is 11.8 Å². The third kappa shape index (κ3) is 8.44. The average molecular weight is 391 g/mol. The molecule has 0 aromatic heterocycles. The first-order valence-electron chi connectivity index (χ1n) is 7.82. The Morgan fingerprint density at radius 1 is 1.15 bits per heavy atom. The Hall–Kier alpha value is -2.77. The predicted molar refractivity (Wildman–Crippen MR) is 89.8 cm³/mol. The van der Waals surface area contributed by atoms with Crippen molar-refractivity contribution in [3.05, 3.63) is 0 Å². The fraction of sp³-hybridized carbons (Fsp3) is 0.643. The molecule has 0 fully saturated rings. The molecule has 0 radical (unpaired) electrons. The largest absolute Gasteiger partial charge is 0.480 e. The number of amides is 4. The normalized spacial score (nSPS) is 14.9. The van der Waals surface area contributed by atoms with Gasteiger partial charge in [-0.2, -0.15) is 0 Å². The van der Waals surface area contributed by atoms with E-state index in [9.17, 15) is 29.1 Å². The standard InChI is InChI=1S/C14H25N5O8/c1-6(21)4-9(12(24)19(3)18-11(23)8(15)5-20)16-14(27)17-10(7(2)22)13(25)26/h7-10,20,22H,4-5,15H2,1-3H3,(H,18,23)(H,25,26)(H2,16,17,27)/t7?,8-,9-,10-/m0/s1. The van der Waals surface area contributed by atoms with Gasteiger partial charge >= 0.3 is 12.0 Å². The van der Waals surface area contributed by atoms with Gasteiger partial charge in [0, 0.05) is 13.5 Å². The molecule has 1 unspecified atom stereocenters. The number of hydrogen-bond acceptors (Lipinski definition) is 8. The highest BCUT2D eigenvalue weighted by Crippen LogP contribution is 2.00. The van der Waals surface area contributed by atoms with Crippen LogP contribution in [0.5, 0.6) is 0 Å². The van der Waals surface area contributed by atoms with Gasteiger partial charge in [0.1, 0.15) is 17.9 Å². The highest BCUT2D eigenvalue weighted by molar-refractivity contribution is 5.93. The number of nitrogens with one attached hydrogen (secondary N) is 3. The number of aliphatic hydroxyl groups excluding tert-OH is 2. The van der Waals surface area contributed by atoms with Gasteiger partial charge in [-0.05, 0) is 13.8 Å². The Morgan fingerprint density at radius 2 is 1.70 bits per heavy atom. The third-order valence-corrected chi connectivity index (χ3v) is 3.27. The second-order valence-corrected chi connectivity index (χ2v) is 5.80. The SMILES string of the molecule is CC(=O)C[C@H](NC(=O)N[C@H](C(=O)O)C(C)O)C(=O)N(C)NC(=O)[C@@H](N)CO. The molecule has 0 spiro atoms. The van der Waals surface area contributed by atoms with Crippen LogP contribution in [0.4, 0.5) is 4.79 Å². The number of carboxylic acids is 1. The smallest absolute Gasteiger partial charge is 0.328 e. The second-order valence-electron chi connectivity index (χ2n) is 5.80. The van der Waals surface area contributed by atoms with E-state index in [0.29, 0.717) is 5.01 Å². The van der Waals surface area contributed by atoms with Gasteiger partial charge in [0.15, 0.2) is 6.04 Å². The van der Waals surface area contributed by atoms with Crippen molar-refractivity contribution in [2.24, 2.45) is 5.73 Å². The molecule has 27 heavy (non-hydrogen) atoms. The Kier molecular flexibility index (Phi) is 9.92. The summed E-state index contributed by atoms with van der Waals surface area (Å²) >= 11 is 0. The van der Waals surface area contributed by atoms with Crippen molar-refractivity contribution in [3.63, 3.8) is 0 Å². The molecular formula is C14H25N5O8. The Labute approximate surface area is 154 Å². The highest BCUT2D eigenvalue weighted by atomic mass is 16.4.